The number of H-pyrrole nitrogens is 1. The average molecular weight is 322 g/mol. The van der Waals surface area contributed by atoms with E-state index < -0.39 is 0 Å². The number of carbonyl (C=O) groups is 1. The standard InChI is InChI=1S/C17H18N6O/c24-17(20-11-1-2-11)10-5-8-23(9-10)13-4-7-19-16-14(13)12-3-6-18-15(12)21-22-16/h3-4,6-7,10-11H,1-2,5,8-9H2,(H,19,22)(H,20,24). The molecule has 0 spiro atoms. The Labute approximate surface area is 138 Å². The summed E-state index contributed by atoms with van der Waals surface area (Å²) in [5.74, 6) is 0.264. The van der Waals surface area contributed by atoms with E-state index in [-0.39, 0.29) is 11.8 Å². The second kappa shape index (κ2) is 5.15. The van der Waals surface area contributed by atoms with Crippen LogP contribution in [0.15, 0.2) is 24.5 Å². The number of pyridine rings is 1. The third-order valence-electron chi connectivity index (χ3n) is 4.97. The Morgan fingerprint density at radius 3 is 3.04 bits per heavy atom. The zero-order valence-electron chi connectivity index (χ0n) is 13.2. The lowest BCUT2D eigenvalue weighted by molar-refractivity contribution is -0.124. The number of nitrogens with zero attached hydrogens (tertiary/aromatic N) is 4. The number of aromatic amines is 1. The van der Waals surface area contributed by atoms with Crippen LogP contribution in [0, 0.1) is 5.92 Å². The molecule has 2 fully saturated rings. The maximum atomic E-state index is 12.3. The van der Waals surface area contributed by atoms with Gasteiger partial charge in [0.25, 0.3) is 0 Å². The summed E-state index contributed by atoms with van der Waals surface area (Å²) in [6, 6.07) is 4.44. The van der Waals surface area contributed by atoms with Crippen LogP contribution in [0.2, 0.25) is 0 Å². The largest absolute Gasteiger partial charge is 0.370 e. The second-order valence-corrected chi connectivity index (χ2v) is 6.68. The first kappa shape index (κ1) is 13.7. The van der Waals surface area contributed by atoms with Gasteiger partial charge in [-0.05, 0) is 31.4 Å². The molecule has 4 heterocycles. The predicted molar refractivity (Wildman–Crippen MR) is 90.7 cm³/mol. The third-order valence-corrected chi connectivity index (χ3v) is 4.97. The van der Waals surface area contributed by atoms with Crippen molar-refractivity contribution in [1.82, 2.24) is 25.5 Å². The fraction of sp³-hybridized carbons (Fsp3) is 0.412. The number of carbonyl (C=O) groups excluding carboxylic acids is 1. The van der Waals surface area contributed by atoms with Crippen LogP contribution in [0.3, 0.4) is 0 Å². The molecule has 3 aromatic rings. The lowest BCUT2D eigenvalue weighted by Gasteiger charge is -2.20. The van der Waals surface area contributed by atoms with Gasteiger partial charge < -0.3 is 15.2 Å². The number of aromatic nitrogens is 4. The summed E-state index contributed by atoms with van der Waals surface area (Å²) in [6.07, 6.45) is 6.78. The Bertz CT molecular complexity index is 931. The van der Waals surface area contributed by atoms with Gasteiger partial charge in [-0.1, -0.05) is 0 Å². The molecule has 2 aliphatic rings. The highest BCUT2D eigenvalue weighted by atomic mass is 16.2. The van der Waals surface area contributed by atoms with Crippen molar-refractivity contribution in [3.63, 3.8) is 0 Å². The summed E-state index contributed by atoms with van der Waals surface area (Å²) in [5.41, 5.74) is 2.50. The van der Waals surface area contributed by atoms with Crippen LogP contribution >= 0.6 is 0 Å². The van der Waals surface area contributed by atoms with Gasteiger partial charge in [-0.2, -0.15) is 0 Å². The molecule has 1 unspecified atom stereocenters. The van der Waals surface area contributed by atoms with Gasteiger partial charge in [0.05, 0.1) is 11.3 Å². The Kier molecular flexibility index (Phi) is 2.95. The monoisotopic (exact) mass is 322 g/mol. The van der Waals surface area contributed by atoms with E-state index in [4.69, 9.17) is 0 Å². The summed E-state index contributed by atoms with van der Waals surface area (Å²) in [4.78, 5) is 22.0. The highest BCUT2D eigenvalue weighted by Crippen LogP contribution is 2.33. The van der Waals surface area contributed by atoms with Gasteiger partial charge >= 0.3 is 0 Å². The zero-order chi connectivity index (χ0) is 16.1. The number of nitrogens with one attached hydrogen (secondary N) is 2. The van der Waals surface area contributed by atoms with Gasteiger partial charge in [0.15, 0.2) is 11.3 Å². The summed E-state index contributed by atoms with van der Waals surface area (Å²) in [5, 5.41) is 13.5. The first-order valence-electron chi connectivity index (χ1n) is 8.43. The van der Waals surface area contributed by atoms with Crippen molar-refractivity contribution in [3.8, 4) is 0 Å². The lowest BCUT2D eigenvalue weighted by Crippen LogP contribution is -2.34. The van der Waals surface area contributed by atoms with E-state index in [1.54, 1.807) is 6.20 Å². The Hall–Kier alpha value is -2.70. The normalized spacial score (nSPS) is 20.8. The highest BCUT2D eigenvalue weighted by Gasteiger charge is 2.32. The Morgan fingerprint density at radius 1 is 1.25 bits per heavy atom. The van der Waals surface area contributed by atoms with Gasteiger partial charge in [-0.15, -0.1) is 10.2 Å². The topological polar surface area (TPSA) is 86.8 Å². The summed E-state index contributed by atoms with van der Waals surface area (Å²) in [6.45, 7) is 1.62. The van der Waals surface area contributed by atoms with Crippen LogP contribution in [0.25, 0.3) is 22.1 Å². The van der Waals surface area contributed by atoms with E-state index in [0.29, 0.717) is 11.7 Å². The molecule has 0 bridgehead atoms. The molecule has 1 amide bonds. The van der Waals surface area contributed by atoms with Crippen molar-refractivity contribution in [3.05, 3.63) is 24.5 Å². The van der Waals surface area contributed by atoms with Gasteiger partial charge in [0, 0.05) is 42.6 Å². The summed E-state index contributed by atoms with van der Waals surface area (Å²) < 4.78 is 0. The van der Waals surface area contributed by atoms with Gasteiger partial charge in [0.2, 0.25) is 5.91 Å². The molecule has 3 aromatic heterocycles. The van der Waals surface area contributed by atoms with E-state index in [1.807, 2.05) is 12.3 Å². The number of amides is 1. The predicted octanol–water partition coefficient (Wildman–Crippen LogP) is 1.61. The minimum absolute atomic E-state index is 0.0629. The second-order valence-electron chi connectivity index (χ2n) is 6.68. The van der Waals surface area contributed by atoms with Gasteiger partial charge in [0.1, 0.15) is 0 Å². The molecule has 7 heteroatoms. The molecule has 1 atom stereocenters. The molecule has 122 valence electrons. The van der Waals surface area contributed by atoms with Gasteiger partial charge in [-0.3, -0.25) is 4.79 Å². The van der Waals surface area contributed by atoms with Crippen LogP contribution in [0.5, 0.6) is 0 Å². The number of hydrogen-bond acceptors (Lipinski definition) is 5. The number of rotatable bonds is 3. The first-order valence-corrected chi connectivity index (χ1v) is 8.43. The Balaban J connectivity index is 1.50. The molecule has 24 heavy (non-hydrogen) atoms. The van der Waals surface area contributed by atoms with E-state index in [1.165, 1.54) is 0 Å². The number of anilines is 1. The van der Waals surface area contributed by atoms with Gasteiger partial charge in [-0.25, -0.2) is 4.98 Å². The quantitative estimate of drug-likeness (QED) is 0.765. The van der Waals surface area contributed by atoms with Crippen molar-refractivity contribution in [2.75, 3.05) is 18.0 Å². The smallest absolute Gasteiger partial charge is 0.225 e. The molecule has 0 aromatic carbocycles. The molecule has 2 N–H and O–H groups in total. The molecular weight excluding hydrogens is 304 g/mol. The zero-order valence-corrected chi connectivity index (χ0v) is 13.2. The molecule has 1 aliphatic carbocycles. The van der Waals surface area contributed by atoms with E-state index in [2.05, 4.69) is 36.4 Å². The van der Waals surface area contributed by atoms with Crippen LogP contribution in [0.4, 0.5) is 5.69 Å². The highest BCUT2D eigenvalue weighted by molar-refractivity contribution is 6.08. The summed E-state index contributed by atoms with van der Waals surface area (Å²) in [7, 11) is 0. The van der Waals surface area contributed by atoms with Crippen molar-refractivity contribution >= 4 is 33.7 Å². The molecule has 1 saturated carbocycles. The number of hydrogen-bond donors (Lipinski definition) is 2. The maximum absolute atomic E-state index is 12.3. The minimum Gasteiger partial charge on any atom is -0.370 e. The number of fused-ring (bicyclic) bond motifs is 3. The van der Waals surface area contributed by atoms with Crippen molar-refractivity contribution in [1.29, 1.82) is 0 Å². The van der Waals surface area contributed by atoms with E-state index in [0.717, 1.165) is 54.5 Å². The summed E-state index contributed by atoms with van der Waals surface area (Å²) >= 11 is 0. The van der Waals surface area contributed by atoms with E-state index in [9.17, 15) is 4.79 Å². The van der Waals surface area contributed by atoms with Crippen LogP contribution < -0.4 is 10.2 Å². The van der Waals surface area contributed by atoms with E-state index >= 15 is 0 Å². The van der Waals surface area contributed by atoms with Crippen molar-refractivity contribution in [2.45, 2.75) is 25.3 Å². The molecule has 7 nitrogen and oxygen atoms in total. The SMILES string of the molecule is O=C(NC1CC1)C1CCN(c2cc[nH]c3nnc4nccc4c23)C1. The molecular formula is C17H18N6O. The van der Waals surface area contributed by atoms with Crippen LogP contribution in [-0.4, -0.2) is 45.2 Å². The first-order chi connectivity index (χ1) is 11.8. The molecule has 1 saturated heterocycles. The maximum Gasteiger partial charge on any atom is 0.225 e. The fourth-order valence-electron chi connectivity index (χ4n) is 3.52. The third kappa shape index (κ3) is 2.19. The minimum atomic E-state index is 0.0629. The lowest BCUT2D eigenvalue weighted by atomic mass is 10.1. The van der Waals surface area contributed by atoms with Crippen LogP contribution in [0.1, 0.15) is 19.3 Å². The average Bonchev–Trinajstić information content (AvgIpc) is 3.12. The van der Waals surface area contributed by atoms with Crippen molar-refractivity contribution < 1.29 is 4.79 Å². The molecule has 0 radical (unpaired) electrons. The molecule has 1 aliphatic heterocycles. The molecule has 5 rings (SSSR count). The van der Waals surface area contributed by atoms with Crippen molar-refractivity contribution in [2.24, 2.45) is 5.92 Å². The fourth-order valence-corrected chi connectivity index (χ4v) is 3.52. The Morgan fingerprint density at radius 2 is 2.17 bits per heavy atom. The van der Waals surface area contributed by atoms with Crippen LogP contribution in [-0.2, 0) is 4.79 Å².